The zero-order valence-electron chi connectivity index (χ0n) is 19.3. The number of rotatable bonds is 7. The fourth-order valence-corrected chi connectivity index (χ4v) is 3.71. The Kier molecular flexibility index (Phi) is 6.49. The highest BCUT2D eigenvalue weighted by molar-refractivity contribution is 6.05. The second-order valence-corrected chi connectivity index (χ2v) is 7.42. The van der Waals surface area contributed by atoms with Crippen LogP contribution in [0.15, 0.2) is 76.5 Å². The van der Waals surface area contributed by atoms with Gasteiger partial charge in [-0.3, -0.25) is 9.89 Å². The van der Waals surface area contributed by atoms with Crippen LogP contribution in [-0.4, -0.2) is 36.8 Å². The maximum Gasteiger partial charge on any atom is 0.280 e. The number of H-pyrrole nitrogens is 1. The monoisotopic (exact) mass is 461 g/mol. The maximum atomic E-state index is 13.6. The summed E-state index contributed by atoms with van der Waals surface area (Å²) in [6.07, 6.45) is 0. The minimum atomic E-state index is -0.387. The van der Waals surface area contributed by atoms with Gasteiger partial charge in [0.1, 0.15) is 17.3 Å². The lowest BCUT2D eigenvalue weighted by Gasteiger charge is -2.10. The summed E-state index contributed by atoms with van der Waals surface area (Å²) in [7, 11) is 4.67. The van der Waals surface area contributed by atoms with Crippen molar-refractivity contribution in [1.82, 2.24) is 9.78 Å². The van der Waals surface area contributed by atoms with Crippen molar-refractivity contribution in [2.24, 2.45) is 4.99 Å². The van der Waals surface area contributed by atoms with Gasteiger partial charge in [-0.15, -0.1) is 0 Å². The summed E-state index contributed by atoms with van der Waals surface area (Å²) in [4.78, 5) is 18.3. The highest BCUT2D eigenvalue weighted by Crippen LogP contribution is 2.37. The first-order valence-corrected chi connectivity index (χ1v) is 10.5. The fourth-order valence-electron chi connectivity index (χ4n) is 3.71. The summed E-state index contributed by atoms with van der Waals surface area (Å²) in [5, 5.41) is 3.16. The first-order valence-electron chi connectivity index (χ1n) is 10.5. The Bertz CT molecular complexity index is 1390. The summed E-state index contributed by atoms with van der Waals surface area (Å²) >= 11 is 0. The molecule has 3 aromatic carbocycles. The summed E-state index contributed by atoms with van der Waals surface area (Å²) in [5.74, 6) is 1.30. The van der Waals surface area contributed by atoms with Crippen LogP contribution in [0.3, 0.4) is 0 Å². The van der Waals surface area contributed by atoms with E-state index in [9.17, 15) is 9.18 Å². The number of hydrogen-bond donors (Lipinski definition) is 1. The summed E-state index contributed by atoms with van der Waals surface area (Å²) < 4.78 is 31.0. The minimum absolute atomic E-state index is 0.319. The largest absolute Gasteiger partial charge is 0.497 e. The predicted molar refractivity (Wildman–Crippen MR) is 130 cm³/mol. The molecule has 0 spiro atoms. The number of aromatic amines is 1. The molecule has 4 aromatic rings. The smallest absolute Gasteiger partial charge is 0.280 e. The quantitative estimate of drug-likeness (QED) is 0.387. The summed E-state index contributed by atoms with van der Waals surface area (Å²) in [6.45, 7) is 1.76. The molecule has 1 N–H and O–H groups in total. The molecule has 0 aliphatic carbocycles. The first-order chi connectivity index (χ1) is 16.5. The lowest BCUT2D eigenvalue weighted by atomic mass is 10.0. The molecule has 0 saturated carbocycles. The first kappa shape index (κ1) is 22.8. The van der Waals surface area contributed by atoms with Gasteiger partial charge in [0, 0.05) is 5.56 Å². The van der Waals surface area contributed by atoms with E-state index in [0.717, 1.165) is 5.56 Å². The Morgan fingerprint density at radius 1 is 0.912 bits per heavy atom. The Morgan fingerprint density at radius 2 is 1.62 bits per heavy atom. The van der Waals surface area contributed by atoms with E-state index in [4.69, 9.17) is 19.2 Å². The van der Waals surface area contributed by atoms with Gasteiger partial charge >= 0.3 is 0 Å². The molecule has 0 saturated heterocycles. The van der Waals surface area contributed by atoms with Gasteiger partial charge < -0.3 is 14.2 Å². The van der Waals surface area contributed by atoms with E-state index < -0.39 is 0 Å². The maximum absolute atomic E-state index is 13.6. The van der Waals surface area contributed by atoms with Crippen LogP contribution in [0.5, 0.6) is 17.2 Å². The van der Waals surface area contributed by atoms with Gasteiger partial charge in [-0.05, 0) is 67.6 Å². The van der Waals surface area contributed by atoms with Crippen LogP contribution in [0.2, 0.25) is 0 Å². The summed E-state index contributed by atoms with van der Waals surface area (Å²) in [5.41, 5.74) is 2.88. The standard InChI is InChI=1S/C26H24FN3O4/c1-16(28-21-6-5-7-22(33-3)25(21)34-4)23-24(17-8-14-20(32-2)15-9-17)29-30(26(23)31)19-12-10-18(27)11-13-19/h5-15,29H,1-4H3. The topological polar surface area (TPSA) is 77.8 Å². The van der Waals surface area contributed by atoms with Crippen LogP contribution in [-0.2, 0) is 0 Å². The molecule has 1 heterocycles. The number of para-hydroxylation sites is 1. The van der Waals surface area contributed by atoms with Crippen molar-refractivity contribution in [2.75, 3.05) is 21.3 Å². The Balaban J connectivity index is 1.92. The van der Waals surface area contributed by atoms with Crippen molar-refractivity contribution >= 4 is 11.4 Å². The molecule has 0 amide bonds. The predicted octanol–water partition coefficient (Wildman–Crippen LogP) is 5.14. The number of aliphatic imine (C=N–C) groups is 1. The normalized spacial score (nSPS) is 11.4. The highest BCUT2D eigenvalue weighted by Gasteiger charge is 2.20. The average Bonchev–Trinajstić information content (AvgIpc) is 3.21. The molecular formula is C26H24FN3O4. The molecule has 0 aliphatic rings. The van der Waals surface area contributed by atoms with Crippen LogP contribution in [0.1, 0.15) is 12.5 Å². The molecule has 1 aromatic heterocycles. The Morgan fingerprint density at radius 3 is 2.24 bits per heavy atom. The zero-order chi connectivity index (χ0) is 24.2. The van der Waals surface area contributed by atoms with Crippen LogP contribution in [0, 0.1) is 5.82 Å². The third-order valence-corrected chi connectivity index (χ3v) is 5.39. The number of ether oxygens (including phenoxy) is 3. The molecule has 174 valence electrons. The number of methoxy groups -OCH3 is 3. The third-order valence-electron chi connectivity index (χ3n) is 5.39. The van der Waals surface area contributed by atoms with Gasteiger partial charge in [0.05, 0.1) is 44.0 Å². The number of nitrogens with zero attached hydrogens (tertiary/aromatic N) is 2. The van der Waals surface area contributed by atoms with E-state index in [1.54, 1.807) is 39.3 Å². The number of benzene rings is 3. The van der Waals surface area contributed by atoms with E-state index in [2.05, 4.69) is 5.10 Å². The molecule has 7 nitrogen and oxygen atoms in total. The van der Waals surface area contributed by atoms with Gasteiger partial charge in [-0.25, -0.2) is 14.1 Å². The molecule has 0 fully saturated rings. The van der Waals surface area contributed by atoms with Crippen LogP contribution in [0.25, 0.3) is 16.9 Å². The molecule has 0 radical (unpaired) electrons. The molecule has 4 rings (SSSR count). The molecule has 0 unspecified atom stereocenters. The average molecular weight is 461 g/mol. The Hall–Kier alpha value is -4.33. The van der Waals surface area contributed by atoms with E-state index in [1.807, 2.05) is 24.3 Å². The van der Waals surface area contributed by atoms with Crippen LogP contribution in [0.4, 0.5) is 10.1 Å². The summed E-state index contributed by atoms with van der Waals surface area (Å²) in [6, 6.07) is 18.3. The van der Waals surface area contributed by atoms with Gasteiger partial charge in [-0.1, -0.05) is 6.07 Å². The van der Waals surface area contributed by atoms with Crippen LogP contribution < -0.4 is 19.8 Å². The SMILES string of the molecule is COc1ccc(-c2[nH]n(-c3ccc(F)cc3)c(=O)c2C(C)=Nc2cccc(OC)c2OC)cc1. The lowest BCUT2D eigenvalue weighted by molar-refractivity contribution is 0.356. The number of hydrogen-bond acceptors (Lipinski definition) is 5. The van der Waals surface area contributed by atoms with Crippen molar-refractivity contribution in [3.63, 3.8) is 0 Å². The second-order valence-electron chi connectivity index (χ2n) is 7.42. The molecule has 0 atom stereocenters. The van der Waals surface area contributed by atoms with E-state index in [0.29, 0.717) is 45.6 Å². The van der Waals surface area contributed by atoms with Crippen molar-refractivity contribution in [3.05, 3.63) is 88.5 Å². The van der Waals surface area contributed by atoms with Crippen molar-refractivity contribution in [3.8, 4) is 34.2 Å². The van der Waals surface area contributed by atoms with Gasteiger partial charge in [-0.2, -0.15) is 0 Å². The van der Waals surface area contributed by atoms with Crippen molar-refractivity contribution in [2.45, 2.75) is 6.92 Å². The molecule has 34 heavy (non-hydrogen) atoms. The third kappa shape index (κ3) is 4.30. The second kappa shape index (κ2) is 9.66. The number of halogens is 1. The molecule has 8 heteroatoms. The zero-order valence-corrected chi connectivity index (χ0v) is 19.3. The van der Waals surface area contributed by atoms with Gasteiger partial charge in [0.2, 0.25) is 0 Å². The minimum Gasteiger partial charge on any atom is -0.497 e. The molecule has 0 aliphatic heterocycles. The molecule has 0 bridgehead atoms. The molecular weight excluding hydrogens is 437 g/mol. The number of aromatic nitrogens is 2. The van der Waals surface area contributed by atoms with Gasteiger partial charge in [0.15, 0.2) is 11.5 Å². The van der Waals surface area contributed by atoms with Crippen molar-refractivity contribution in [1.29, 1.82) is 0 Å². The van der Waals surface area contributed by atoms with Gasteiger partial charge in [0.25, 0.3) is 5.56 Å². The lowest BCUT2D eigenvalue weighted by Crippen LogP contribution is -2.19. The van der Waals surface area contributed by atoms with E-state index in [-0.39, 0.29) is 11.4 Å². The highest BCUT2D eigenvalue weighted by atomic mass is 19.1. The van der Waals surface area contributed by atoms with E-state index in [1.165, 1.54) is 36.1 Å². The fraction of sp³-hybridized carbons (Fsp3) is 0.154. The van der Waals surface area contributed by atoms with Crippen molar-refractivity contribution < 1.29 is 18.6 Å². The number of nitrogens with one attached hydrogen (secondary N) is 1. The van der Waals surface area contributed by atoms with E-state index >= 15 is 0 Å². The van der Waals surface area contributed by atoms with Crippen LogP contribution >= 0.6 is 0 Å². The Labute approximate surface area is 196 Å².